The highest BCUT2D eigenvalue weighted by Crippen LogP contribution is 2.40. The summed E-state index contributed by atoms with van der Waals surface area (Å²) in [5.74, 6) is -0.736. The van der Waals surface area contributed by atoms with Crippen LogP contribution in [0.3, 0.4) is 0 Å². The second-order valence-electron chi connectivity index (χ2n) is 8.24. The van der Waals surface area contributed by atoms with Crippen molar-refractivity contribution >= 4 is 34.1 Å². The van der Waals surface area contributed by atoms with Crippen molar-refractivity contribution in [3.8, 4) is 5.69 Å². The number of carbonyl (C=O) groups excluding carboxylic acids is 1. The van der Waals surface area contributed by atoms with E-state index < -0.39 is 27.1 Å². The summed E-state index contributed by atoms with van der Waals surface area (Å²) in [5, 5.41) is 6.54. The molecule has 1 aromatic heterocycles. The maximum absolute atomic E-state index is 13.4. The minimum atomic E-state index is -3.75. The summed E-state index contributed by atoms with van der Waals surface area (Å²) in [7, 11) is -2.25. The van der Waals surface area contributed by atoms with Crippen molar-refractivity contribution in [3.63, 3.8) is 0 Å². The molecule has 1 aromatic carbocycles. The number of rotatable bonds is 8. The molecule has 166 valence electrons. The fourth-order valence-corrected chi connectivity index (χ4v) is 6.60. The molecule has 2 aromatic rings. The van der Waals surface area contributed by atoms with Crippen LogP contribution in [0.15, 0.2) is 46.5 Å². The lowest BCUT2D eigenvalue weighted by Crippen LogP contribution is -2.44. The predicted molar refractivity (Wildman–Crippen MR) is 118 cm³/mol. The van der Waals surface area contributed by atoms with Gasteiger partial charge in [0.2, 0.25) is 5.91 Å². The molecule has 2 aliphatic rings. The minimum absolute atomic E-state index is 0.0560. The van der Waals surface area contributed by atoms with E-state index in [1.54, 1.807) is 35.3 Å². The molecule has 0 saturated heterocycles. The van der Waals surface area contributed by atoms with E-state index in [-0.39, 0.29) is 34.2 Å². The fourth-order valence-electron chi connectivity index (χ4n) is 4.25. The van der Waals surface area contributed by atoms with E-state index in [0.29, 0.717) is 12.2 Å². The first-order valence-electron chi connectivity index (χ1n) is 10.1. The van der Waals surface area contributed by atoms with Gasteiger partial charge in [-0.25, -0.2) is 13.1 Å². The largest absolute Gasteiger partial charge is 0.381 e. The van der Waals surface area contributed by atoms with Gasteiger partial charge >= 0.3 is 0 Å². The Morgan fingerprint density at radius 2 is 2.19 bits per heavy atom. The van der Waals surface area contributed by atoms with Crippen LogP contribution < -0.4 is 5.32 Å². The SMILES string of the molecule is C=NCC1(NC(=O)C2CC(S(=O)(=O)c3ccc(-n4cccn4)cc3Cl)CC2OC)CC1. The molecule has 2 saturated carbocycles. The molecular formula is C21H25ClN4O4S. The molecule has 8 nitrogen and oxygen atoms in total. The molecule has 31 heavy (non-hydrogen) atoms. The third-order valence-corrected chi connectivity index (χ3v) is 8.84. The zero-order chi connectivity index (χ0) is 22.2. The van der Waals surface area contributed by atoms with Gasteiger partial charge in [0.05, 0.1) is 45.0 Å². The molecular weight excluding hydrogens is 440 g/mol. The summed E-state index contributed by atoms with van der Waals surface area (Å²) >= 11 is 6.36. The van der Waals surface area contributed by atoms with Crippen LogP contribution >= 0.6 is 11.6 Å². The van der Waals surface area contributed by atoms with Crippen LogP contribution in [0.2, 0.25) is 5.02 Å². The van der Waals surface area contributed by atoms with E-state index in [2.05, 4.69) is 22.1 Å². The Hall–Kier alpha value is -2.23. The van der Waals surface area contributed by atoms with Crippen molar-refractivity contribution in [2.24, 2.45) is 10.9 Å². The molecule has 1 amide bonds. The Kier molecular flexibility index (Phi) is 5.93. The Labute approximate surface area is 186 Å². The van der Waals surface area contributed by atoms with Gasteiger partial charge in [-0.3, -0.25) is 9.79 Å². The number of ether oxygens (including phenoxy) is 1. The Morgan fingerprint density at radius 3 is 2.77 bits per heavy atom. The number of aromatic nitrogens is 2. The van der Waals surface area contributed by atoms with Gasteiger partial charge in [0, 0.05) is 19.5 Å². The topological polar surface area (TPSA) is 103 Å². The number of sulfone groups is 1. The molecule has 0 aliphatic heterocycles. The molecule has 0 radical (unpaired) electrons. The van der Waals surface area contributed by atoms with Crippen LogP contribution in [0.4, 0.5) is 0 Å². The summed E-state index contributed by atoms with van der Waals surface area (Å²) in [4.78, 5) is 16.9. The average Bonchev–Trinajstić information content (AvgIpc) is 3.15. The molecule has 4 rings (SSSR count). The quantitative estimate of drug-likeness (QED) is 0.604. The Bertz CT molecular complexity index is 1080. The number of nitrogens with one attached hydrogen (secondary N) is 1. The highest BCUT2D eigenvalue weighted by molar-refractivity contribution is 7.92. The molecule has 3 atom stereocenters. The molecule has 10 heteroatoms. The highest BCUT2D eigenvalue weighted by atomic mass is 35.5. The molecule has 2 aliphatic carbocycles. The molecule has 3 unspecified atom stereocenters. The summed E-state index contributed by atoms with van der Waals surface area (Å²) in [6.07, 6.45) is 5.02. The number of nitrogens with zero attached hydrogens (tertiary/aromatic N) is 3. The van der Waals surface area contributed by atoms with Crippen LogP contribution in [0.1, 0.15) is 25.7 Å². The summed E-state index contributed by atoms with van der Waals surface area (Å²) in [6, 6.07) is 6.51. The number of halogens is 1. The van der Waals surface area contributed by atoms with E-state index in [9.17, 15) is 13.2 Å². The van der Waals surface area contributed by atoms with Crippen molar-refractivity contribution in [2.75, 3.05) is 13.7 Å². The fraction of sp³-hybridized carbons (Fsp3) is 0.476. The van der Waals surface area contributed by atoms with Gasteiger partial charge in [-0.05, 0) is 56.7 Å². The number of amides is 1. The maximum atomic E-state index is 13.4. The molecule has 1 N–H and O–H groups in total. The lowest BCUT2D eigenvalue weighted by atomic mass is 10.0. The number of benzene rings is 1. The zero-order valence-electron chi connectivity index (χ0n) is 17.2. The first-order valence-corrected chi connectivity index (χ1v) is 12.0. The third kappa shape index (κ3) is 4.26. The Morgan fingerprint density at radius 1 is 1.42 bits per heavy atom. The van der Waals surface area contributed by atoms with Crippen LogP contribution in [-0.2, 0) is 19.4 Å². The molecule has 0 bridgehead atoms. The summed E-state index contributed by atoms with van der Waals surface area (Å²) in [5.41, 5.74) is 0.331. The van der Waals surface area contributed by atoms with E-state index in [0.717, 1.165) is 12.8 Å². The number of aliphatic imine (C=N–C) groups is 1. The lowest BCUT2D eigenvalue weighted by Gasteiger charge is -2.21. The maximum Gasteiger partial charge on any atom is 0.226 e. The second kappa shape index (κ2) is 8.37. The molecule has 1 heterocycles. The van der Waals surface area contributed by atoms with E-state index >= 15 is 0 Å². The molecule has 0 spiro atoms. The van der Waals surface area contributed by atoms with Gasteiger partial charge in [-0.2, -0.15) is 5.10 Å². The van der Waals surface area contributed by atoms with E-state index in [4.69, 9.17) is 16.3 Å². The van der Waals surface area contributed by atoms with Crippen LogP contribution in [0.25, 0.3) is 5.69 Å². The molecule has 2 fully saturated rings. The van der Waals surface area contributed by atoms with Gasteiger partial charge in [-0.1, -0.05) is 11.6 Å². The highest BCUT2D eigenvalue weighted by Gasteiger charge is 2.49. The van der Waals surface area contributed by atoms with Gasteiger partial charge in [0.1, 0.15) is 0 Å². The van der Waals surface area contributed by atoms with Crippen molar-refractivity contribution in [1.29, 1.82) is 0 Å². The van der Waals surface area contributed by atoms with E-state index in [1.165, 1.54) is 13.2 Å². The van der Waals surface area contributed by atoms with Gasteiger partial charge in [0.15, 0.2) is 9.84 Å². The summed E-state index contributed by atoms with van der Waals surface area (Å²) in [6.45, 7) is 3.97. The monoisotopic (exact) mass is 464 g/mol. The van der Waals surface area contributed by atoms with Gasteiger partial charge in [0.25, 0.3) is 0 Å². The standard InChI is InChI=1S/C21H25ClN4O4S/c1-23-13-21(6-7-21)25-20(27)16-11-15(12-18(16)30-2)31(28,29)19-5-4-14(10-17(19)22)26-9-3-8-24-26/h3-5,8-10,15-16,18H,1,6-7,11-13H2,2H3,(H,25,27). The lowest BCUT2D eigenvalue weighted by molar-refractivity contribution is -0.129. The number of hydrogen-bond donors (Lipinski definition) is 1. The number of methoxy groups -OCH3 is 1. The predicted octanol–water partition coefficient (Wildman–Crippen LogP) is 2.44. The summed E-state index contributed by atoms with van der Waals surface area (Å²) < 4.78 is 33.8. The van der Waals surface area contributed by atoms with Crippen molar-refractivity contribution in [2.45, 2.75) is 47.5 Å². The minimum Gasteiger partial charge on any atom is -0.381 e. The number of hydrogen-bond acceptors (Lipinski definition) is 6. The second-order valence-corrected chi connectivity index (χ2v) is 10.8. The zero-order valence-corrected chi connectivity index (χ0v) is 18.8. The first-order chi connectivity index (χ1) is 14.8. The first kappa shape index (κ1) is 22.0. The van der Waals surface area contributed by atoms with Crippen LogP contribution in [0.5, 0.6) is 0 Å². The Balaban J connectivity index is 1.53. The normalized spacial score (nSPS) is 24.6. The van der Waals surface area contributed by atoms with Crippen molar-refractivity contribution in [1.82, 2.24) is 15.1 Å². The van der Waals surface area contributed by atoms with Crippen molar-refractivity contribution < 1.29 is 17.9 Å². The van der Waals surface area contributed by atoms with E-state index in [1.807, 2.05) is 0 Å². The van der Waals surface area contributed by atoms with Crippen LogP contribution in [-0.4, -0.2) is 61.4 Å². The van der Waals surface area contributed by atoms with Crippen LogP contribution in [0, 0.1) is 5.92 Å². The van der Waals surface area contributed by atoms with Gasteiger partial charge in [-0.15, -0.1) is 0 Å². The smallest absolute Gasteiger partial charge is 0.226 e. The van der Waals surface area contributed by atoms with Gasteiger partial charge < -0.3 is 10.1 Å². The van der Waals surface area contributed by atoms with Crippen molar-refractivity contribution in [3.05, 3.63) is 41.7 Å². The average molecular weight is 465 g/mol. The third-order valence-electron chi connectivity index (χ3n) is 6.19. The number of carbonyl (C=O) groups is 1.